The monoisotopic (exact) mass is 341 g/mol. The summed E-state index contributed by atoms with van der Waals surface area (Å²) in [6, 6.07) is 0. The molecule has 0 radical (unpaired) electrons. The van der Waals surface area contributed by atoms with E-state index in [9.17, 15) is 9.59 Å². The molecule has 1 aliphatic rings. The largest absolute Gasteiger partial charge is 0.444 e. The van der Waals surface area contributed by atoms with Crippen molar-refractivity contribution >= 4 is 12.0 Å². The van der Waals surface area contributed by atoms with Crippen LogP contribution in [0.3, 0.4) is 0 Å². The summed E-state index contributed by atoms with van der Waals surface area (Å²) >= 11 is 0. The molecule has 1 fully saturated rings. The zero-order valence-electron chi connectivity index (χ0n) is 16.0. The molecule has 1 heterocycles. The minimum atomic E-state index is -0.505. The second kappa shape index (κ2) is 9.87. The molecule has 1 atom stereocenters. The first-order valence-electron chi connectivity index (χ1n) is 9.14. The Labute approximate surface area is 146 Å². The highest BCUT2D eigenvalue weighted by molar-refractivity contribution is 5.79. The van der Waals surface area contributed by atoms with E-state index in [1.807, 2.05) is 20.8 Å². The van der Waals surface area contributed by atoms with Gasteiger partial charge in [-0.3, -0.25) is 4.79 Å². The molecule has 140 valence electrons. The van der Waals surface area contributed by atoms with Gasteiger partial charge in [0.1, 0.15) is 5.60 Å². The van der Waals surface area contributed by atoms with E-state index in [1.54, 1.807) is 0 Å². The highest BCUT2D eigenvalue weighted by Gasteiger charge is 2.25. The van der Waals surface area contributed by atoms with Crippen LogP contribution in [-0.4, -0.2) is 55.2 Å². The van der Waals surface area contributed by atoms with Crippen molar-refractivity contribution in [1.29, 1.82) is 0 Å². The van der Waals surface area contributed by atoms with Gasteiger partial charge in [0.15, 0.2) is 0 Å². The molecule has 1 aliphatic heterocycles. The van der Waals surface area contributed by atoms with Gasteiger partial charge in [-0.2, -0.15) is 0 Å². The van der Waals surface area contributed by atoms with Crippen molar-refractivity contribution in [3.8, 4) is 0 Å². The summed E-state index contributed by atoms with van der Waals surface area (Å²) in [5.74, 6) is 0.848. The van der Waals surface area contributed by atoms with Gasteiger partial charge in [0.2, 0.25) is 5.91 Å². The van der Waals surface area contributed by atoms with Gasteiger partial charge in [-0.25, -0.2) is 4.79 Å². The Hall–Kier alpha value is -1.30. The topological polar surface area (TPSA) is 70.7 Å². The molecule has 0 aromatic carbocycles. The molecule has 0 bridgehead atoms. The van der Waals surface area contributed by atoms with Crippen molar-refractivity contribution in [2.75, 3.05) is 32.7 Å². The lowest BCUT2D eigenvalue weighted by Crippen LogP contribution is -2.45. The van der Waals surface area contributed by atoms with Crippen LogP contribution in [0, 0.1) is 11.8 Å². The van der Waals surface area contributed by atoms with Crippen LogP contribution in [0.5, 0.6) is 0 Å². The Morgan fingerprint density at radius 3 is 2.50 bits per heavy atom. The first-order chi connectivity index (χ1) is 11.2. The van der Waals surface area contributed by atoms with Crippen LogP contribution in [0.15, 0.2) is 0 Å². The van der Waals surface area contributed by atoms with Crippen LogP contribution in [0.25, 0.3) is 0 Å². The number of hydrogen-bond donors (Lipinski definition) is 2. The van der Waals surface area contributed by atoms with E-state index in [0.717, 1.165) is 32.5 Å². The lowest BCUT2D eigenvalue weighted by Gasteiger charge is -2.32. The van der Waals surface area contributed by atoms with Gasteiger partial charge in [0.05, 0.1) is 5.92 Å². The third kappa shape index (κ3) is 9.11. The third-order valence-corrected chi connectivity index (χ3v) is 3.99. The molecule has 2 N–H and O–H groups in total. The SMILES string of the molecule is CC(C)CCN1CCCC(C(=O)NCCNC(=O)OC(C)(C)C)C1. The molecule has 6 heteroatoms. The summed E-state index contributed by atoms with van der Waals surface area (Å²) in [5, 5.41) is 5.57. The van der Waals surface area contributed by atoms with E-state index in [4.69, 9.17) is 4.74 Å². The normalized spacial score (nSPS) is 19.2. The van der Waals surface area contributed by atoms with Gasteiger partial charge in [0, 0.05) is 19.6 Å². The van der Waals surface area contributed by atoms with E-state index in [0.29, 0.717) is 19.0 Å². The first-order valence-corrected chi connectivity index (χ1v) is 9.14. The van der Waals surface area contributed by atoms with Gasteiger partial charge in [-0.1, -0.05) is 13.8 Å². The smallest absolute Gasteiger partial charge is 0.407 e. The number of piperidine rings is 1. The van der Waals surface area contributed by atoms with E-state index >= 15 is 0 Å². The summed E-state index contributed by atoms with van der Waals surface area (Å²) < 4.78 is 5.15. The number of ether oxygens (including phenoxy) is 1. The van der Waals surface area contributed by atoms with Gasteiger partial charge < -0.3 is 20.3 Å². The molecule has 0 saturated carbocycles. The highest BCUT2D eigenvalue weighted by Crippen LogP contribution is 2.17. The summed E-state index contributed by atoms with van der Waals surface area (Å²) in [5.41, 5.74) is -0.505. The number of carbonyl (C=O) groups excluding carboxylic acids is 2. The van der Waals surface area contributed by atoms with Crippen LogP contribution in [0.4, 0.5) is 4.79 Å². The van der Waals surface area contributed by atoms with E-state index in [2.05, 4.69) is 29.4 Å². The Morgan fingerprint density at radius 2 is 1.88 bits per heavy atom. The maximum Gasteiger partial charge on any atom is 0.407 e. The predicted octanol–water partition coefficient (Wildman–Crippen LogP) is 2.39. The van der Waals surface area contributed by atoms with E-state index < -0.39 is 11.7 Å². The molecule has 24 heavy (non-hydrogen) atoms. The molecular formula is C18H35N3O3. The van der Waals surface area contributed by atoms with Gasteiger partial charge in [-0.15, -0.1) is 0 Å². The van der Waals surface area contributed by atoms with Crippen molar-refractivity contribution in [3.63, 3.8) is 0 Å². The minimum absolute atomic E-state index is 0.0624. The van der Waals surface area contributed by atoms with Crippen molar-refractivity contribution in [2.45, 2.75) is 59.5 Å². The molecule has 1 saturated heterocycles. The van der Waals surface area contributed by atoms with Gasteiger partial charge in [0.25, 0.3) is 0 Å². The lowest BCUT2D eigenvalue weighted by atomic mass is 9.96. The molecule has 0 aromatic heterocycles. The summed E-state index contributed by atoms with van der Waals surface area (Å²) in [6.07, 6.45) is 2.75. The molecular weight excluding hydrogens is 306 g/mol. The Bertz CT molecular complexity index is 405. The van der Waals surface area contributed by atoms with Gasteiger partial charge in [-0.05, 0) is 59.0 Å². The van der Waals surface area contributed by atoms with E-state index in [1.165, 1.54) is 6.42 Å². The number of likely N-dealkylation sites (tertiary alicyclic amines) is 1. The molecule has 0 aliphatic carbocycles. The number of alkyl carbamates (subject to hydrolysis) is 1. The van der Waals surface area contributed by atoms with Crippen LogP contribution in [0.2, 0.25) is 0 Å². The van der Waals surface area contributed by atoms with Gasteiger partial charge >= 0.3 is 6.09 Å². The lowest BCUT2D eigenvalue weighted by molar-refractivity contribution is -0.126. The highest BCUT2D eigenvalue weighted by atomic mass is 16.6. The van der Waals surface area contributed by atoms with Crippen molar-refractivity contribution in [2.24, 2.45) is 11.8 Å². The summed E-state index contributed by atoms with van der Waals surface area (Å²) in [6.45, 7) is 13.7. The zero-order valence-corrected chi connectivity index (χ0v) is 16.0. The van der Waals surface area contributed by atoms with Crippen molar-refractivity contribution in [3.05, 3.63) is 0 Å². The maximum absolute atomic E-state index is 12.3. The first kappa shape index (κ1) is 20.7. The maximum atomic E-state index is 12.3. The fraction of sp³-hybridized carbons (Fsp3) is 0.889. The second-order valence-corrected chi connectivity index (χ2v) is 8.04. The second-order valence-electron chi connectivity index (χ2n) is 8.04. The molecule has 0 aromatic rings. The van der Waals surface area contributed by atoms with Crippen LogP contribution >= 0.6 is 0 Å². The average Bonchev–Trinajstić information content (AvgIpc) is 2.48. The molecule has 2 amide bonds. The predicted molar refractivity (Wildman–Crippen MR) is 95.9 cm³/mol. The summed E-state index contributed by atoms with van der Waals surface area (Å²) in [4.78, 5) is 26.2. The fourth-order valence-corrected chi connectivity index (χ4v) is 2.72. The average molecular weight is 341 g/mol. The molecule has 1 unspecified atom stereocenters. The Balaban J connectivity index is 2.21. The number of amides is 2. The number of rotatable bonds is 7. The van der Waals surface area contributed by atoms with Crippen molar-refractivity contribution < 1.29 is 14.3 Å². The zero-order chi connectivity index (χ0) is 18.2. The third-order valence-electron chi connectivity index (χ3n) is 3.99. The number of nitrogens with zero attached hydrogens (tertiary/aromatic N) is 1. The molecule has 6 nitrogen and oxygen atoms in total. The van der Waals surface area contributed by atoms with Crippen LogP contribution < -0.4 is 10.6 Å². The number of carbonyl (C=O) groups is 2. The van der Waals surface area contributed by atoms with Crippen molar-refractivity contribution in [1.82, 2.24) is 15.5 Å². The standard InChI is InChI=1S/C18H35N3O3/c1-14(2)8-12-21-11-6-7-15(13-21)16(22)19-9-10-20-17(23)24-18(3,4)5/h14-15H,6-13H2,1-5H3,(H,19,22)(H,20,23). The molecule has 0 spiro atoms. The minimum Gasteiger partial charge on any atom is -0.444 e. The quantitative estimate of drug-likeness (QED) is 0.698. The Kier molecular flexibility index (Phi) is 8.53. The number of nitrogens with one attached hydrogen (secondary N) is 2. The van der Waals surface area contributed by atoms with E-state index in [-0.39, 0.29) is 11.8 Å². The Morgan fingerprint density at radius 1 is 1.21 bits per heavy atom. The molecule has 1 rings (SSSR count). The van der Waals surface area contributed by atoms with Crippen LogP contribution in [-0.2, 0) is 9.53 Å². The number of hydrogen-bond acceptors (Lipinski definition) is 4. The fourth-order valence-electron chi connectivity index (χ4n) is 2.72. The van der Waals surface area contributed by atoms with Crippen LogP contribution in [0.1, 0.15) is 53.9 Å². The summed E-state index contributed by atoms with van der Waals surface area (Å²) in [7, 11) is 0.